The monoisotopic (exact) mass is 269 g/mol. The Kier molecular flexibility index (Phi) is 2.88. The first-order chi connectivity index (χ1) is 9.83. The number of hydrogen-bond donors (Lipinski definition) is 1. The SMILES string of the molecule is O=c1[nH]c2c(c3ccccc13)COC(C1CCCC1)C2. The summed E-state index contributed by atoms with van der Waals surface area (Å²) < 4.78 is 6.11. The molecule has 1 aromatic heterocycles. The standard InChI is InChI=1S/C17H19NO2/c19-17-13-8-4-3-7-12(13)14-10-20-16(9-15(14)18-17)11-5-1-2-6-11/h3-4,7-8,11,16H,1-2,5-6,9-10H2,(H,18,19). The van der Waals surface area contributed by atoms with E-state index in [2.05, 4.69) is 4.98 Å². The van der Waals surface area contributed by atoms with Gasteiger partial charge in [0.25, 0.3) is 5.56 Å². The third-order valence-corrected chi connectivity index (χ3v) is 4.90. The van der Waals surface area contributed by atoms with Crippen molar-refractivity contribution in [2.24, 2.45) is 5.92 Å². The second-order valence-corrected chi connectivity index (χ2v) is 6.05. The lowest BCUT2D eigenvalue weighted by atomic mass is 9.91. The predicted molar refractivity (Wildman–Crippen MR) is 78.8 cm³/mol. The Morgan fingerprint density at radius 1 is 1.10 bits per heavy atom. The molecule has 0 bridgehead atoms. The lowest BCUT2D eigenvalue weighted by Gasteiger charge is -2.30. The Hall–Kier alpha value is -1.61. The molecule has 0 radical (unpaired) electrons. The fourth-order valence-electron chi connectivity index (χ4n) is 3.81. The Bertz CT molecular complexity index is 698. The van der Waals surface area contributed by atoms with Gasteiger partial charge < -0.3 is 9.72 Å². The van der Waals surface area contributed by atoms with Gasteiger partial charge in [-0.15, -0.1) is 0 Å². The van der Waals surface area contributed by atoms with Gasteiger partial charge in [0.2, 0.25) is 0 Å². The summed E-state index contributed by atoms with van der Waals surface area (Å²) in [5.41, 5.74) is 2.30. The number of benzene rings is 1. The maximum Gasteiger partial charge on any atom is 0.256 e. The topological polar surface area (TPSA) is 42.1 Å². The number of hydrogen-bond acceptors (Lipinski definition) is 2. The Morgan fingerprint density at radius 2 is 1.85 bits per heavy atom. The molecule has 2 aliphatic rings. The number of ether oxygens (including phenoxy) is 1. The molecule has 2 heterocycles. The van der Waals surface area contributed by atoms with Crippen LogP contribution < -0.4 is 5.56 Å². The van der Waals surface area contributed by atoms with E-state index in [0.29, 0.717) is 18.6 Å². The van der Waals surface area contributed by atoms with E-state index in [-0.39, 0.29) is 5.56 Å². The molecule has 104 valence electrons. The molecule has 3 nitrogen and oxygen atoms in total. The van der Waals surface area contributed by atoms with Crippen molar-refractivity contribution in [1.29, 1.82) is 0 Å². The highest BCUT2D eigenvalue weighted by Crippen LogP contribution is 2.34. The molecule has 3 heteroatoms. The highest BCUT2D eigenvalue weighted by atomic mass is 16.5. The third-order valence-electron chi connectivity index (χ3n) is 4.90. The average molecular weight is 269 g/mol. The smallest absolute Gasteiger partial charge is 0.256 e. The molecule has 1 aromatic carbocycles. The minimum Gasteiger partial charge on any atom is -0.373 e. The maximum atomic E-state index is 12.2. The summed E-state index contributed by atoms with van der Waals surface area (Å²) in [6, 6.07) is 7.82. The summed E-state index contributed by atoms with van der Waals surface area (Å²) in [7, 11) is 0. The van der Waals surface area contributed by atoms with Crippen LogP contribution in [-0.4, -0.2) is 11.1 Å². The van der Waals surface area contributed by atoms with Gasteiger partial charge in [-0.1, -0.05) is 31.0 Å². The summed E-state index contributed by atoms with van der Waals surface area (Å²) >= 11 is 0. The van der Waals surface area contributed by atoms with E-state index in [1.165, 1.54) is 31.2 Å². The molecule has 2 aromatic rings. The van der Waals surface area contributed by atoms with Gasteiger partial charge in [-0.25, -0.2) is 0 Å². The normalized spacial score (nSPS) is 23.1. The van der Waals surface area contributed by atoms with Gasteiger partial charge in [0, 0.05) is 23.1 Å². The van der Waals surface area contributed by atoms with E-state index in [1.807, 2.05) is 24.3 Å². The molecule has 0 spiro atoms. The average Bonchev–Trinajstić information content (AvgIpc) is 3.01. The molecule has 1 aliphatic carbocycles. The lowest BCUT2D eigenvalue weighted by Crippen LogP contribution is -2.31. The molecular weight excluding hydrogens is 250 g/mol. The summed E-state index contributed by atoms with van der Waals surface area (Å²) in [4.78, 5) is 15.3. The van der Waals surface area contributed by atoms with E-state index in [4.69, 9.17) is 4.74 Å². The molecule has 1 unspecified atom stereocenters. The van der Waals surface area contributed by atoms with Crippen LogP contribution in [0.4, 0.5) is 0 Å². The number of pyridine rings is 1. The fraction of sp³-hybridized carbons (Fsp3) is 0.471. The molecule has 0 amide bonds. The molecule has 1 saturated carbocycles. The van der Waals surface area contributed by atoms with Gasteiger partial charge in [0.15, 0.2) is 0 Å². The largest absolute Gasteiger partial charge is 0.373 e. The zero-order valence-electron chi connectivity index (χ0n) is 11.5. The first-order valence-electron chi connectivity index (χ1n) is 7.57. The van der Waals surface area contributed by atoms with Crippen LogP contribution in [-0.2, 0) is 17.8 Å². The third kappa shape index (κ3) is 1.88. The zero-order valence-corrected chi connectivity index (χ0v) is 11.5. The van der Waals surface area contributed by atoms with Crippen LogP contribution >= 0.6 is 0 Å². The van der Waals surface area contributed by atoms with Gasteiger partial charge in [-0.3, -0.25) is 4.79 Å². The van der Waals surface area contributed by atoms with Crippen LogP contribution in [0.15, 0.2) is 29.1 Å². The number of rotatable bonds is 1. The molecule has 4 rings (SSSR count). The second-order valence-electron chi connectivity index (χ2n) is 6.05. The highest BCUT2D eigenvalue weighted by molar-refractivity contribution is 5.85. The van der Waals surface area contributed by atoms with Gasteiger partial charge in [-0.05, 0) is 30.2 Å². The Balaban J connectivity index is 1.76. The number of nitrogens with one attached hydrogen (secondary N) is 1. The van der Waals surface area contributed by atoms with Crippen molar-refractivity contribution in [1.82, 2.24) is 4.98 Å². The molecule has 1 atom stereocenters. The van der Waals surface area contributed by atoms with Crippen molar-refractivity contribution in [2.45, 2.75) is 44.8 Å². The second kappa shape index (κ2) is 4.74. The summed E-state index contributed by atoms with van der Waals surface area (Å²) in [6.45, 7) is 0.633. The number of aromatic nitrogens is 1. The molecular formula is C17H19NO2. The lowest BCUT2D eigenvalue weighted by molar-refractivity contribution is -0.00866. The van der Waals surface area contributed by atoms with Gasteiger partial charge in [-0.2, -0.15) is 0 Å². The summed E-state index contributed by atoms with van der Waals surface area (Å²) in [5, 5.41) is 1.82. The molecule has 0 saturated heterocycles. The van der Waals surface area contributed by atoms with E-state index in [1.54, 1.807) is 0 Å². The van der Waals surface area contributed by atoms with Crippen LogP contribution in [0.25, 0.3) is 10.8 Å². The number of aromatic amines is 1. The molecule has 1 fully saturated rings. The van der Waals surface area contributed by atoms with Crippen molar-refractivity contribution < 1.29 is 4.74 Å². The van der Waals surface area contributed by atoms with Crippen molar-refractivity contribution >= 4 is 10.8 Å². The van der Waals surface area contributed by atoms with Crippen molar-refractivity contribution in [3.8, 4) is 0 Å². The van der Waals surface area contributed by atoms with Gasteiger partial charge >= 0.3 is 0 Å². The Labute approximate surface area is 118 Å². The Morgan fingerprint density at radius 3 is 2.65 bits per heavy atom. The minimum absolute atomic E-state index is 0.0337. The van der Waals surface area contributed by atoms with Crippen molar-refractivity contribution in [3.05, 3.63) is 45.9 Å². The van der Waals surface area contributed by atoms with Crippen molar-refractivity contribution in [3.63, 3.8) is 0 Å². The molecule has 20 heavy (non-hydrogen) atoms. The first kappa shape index (κ1) is 12.2. The molecule has 1 aliphatic heterocycles. The van der Waals surface area contributed by atoms with E-state index in [0.717, 1.165) is 22.9 Å². The van der Waals surface area contributed by atoms with Crippen LogP contribution in [0.1, 0.15) is 36.9 Å². The van der Waals surface area contributed by atoms with Crippen LogP contribution in [0.5, 0.6) is 0 Å². The maximum absolute atomic E-state index is 12.2. The number of fused-ring (bicyclic) bond motifs is 3. The van der Waals surface area contributed by atoms with Gasteiger partial charge in [0.1, 0.15) is 0 Å². The van der Waals surface area contributed by atoms with Crippen LogP contribution in [0.3, 0.4) is 0 Å². The summed E-state index contributed by atoms with van der Waals surface area (Å²) in [5.74, 6) is 0.679. The van der Waals surface area contributed by atoms with E-state index in [9.17, 15) is 4.79 Å². The predicted octanol–water partition coefficient (Wildman–Crippen LogP) is 3.16. The quantitative estimate of drug-likeness (QED) is 0.864. The van der Waals surface area contributed by atoms with E-state index >= 15 is 0 Å². The van der Waals surface area contributed by atoms with Crippen LogP contribution in [0, 0.1) is 5.92 Å². The van der Waals surface area contributed by atoms with Crippen LogP contribution in [0.2, 0.25) is 0 Å². The highest BCUT2D eigenvalue weighted by Gasteiger charge is 2.30. The molecule has 1 N–H and O–H groups in total. The minimum atomic E-state index is 0.0337. The zero-order chi connectivity index (χ0) is 13.5. The summed E-state index contributed by atoms with van der Waals surface area (Å²) in [6.07, 6.45) is 6.36. The van der Waals surface area contributed by atoms with E-state index < -0.39 is 0 Å². The van der Waals surface area contributed by atoms with Gasteiger partial charge in [0.05, 0.1) is 12.7 Å². The number of H-pyrrole nitrogens is 1. The first-order valence-corrected chi connectivity index (χ1v) is 7.57. The fourth-order valence-corrected chi connectivity index (χ4v) is 3.81. The van der Waals surface area contributed by atoms with Crippen molar-refractivity contribution in [2.75, 3.05) is 0 Å².